The zero-order valence-electron chi connectivity index (χ0n) is 22.8. The third-order valence-electron chi connectivity index (χ3n) is 6.80. The minimum Gasteiger partial charge on any atom is -0.487 e. The monoisotopic (exact) mass is 540 g/mol. The van der Waals surface area contributed by atoms with Crippen LogP contribution in [0.25, 0.3) is 11.3 Å². The Kier molecular flexibility index (Phi) is 7.42. The normalized spacial score (nSPS) is 16.3. The van der Waals surface area contributed by atoms with Gasteiger partial charge < -0.3 is 19.3 Å². The fraction of sp³-hybridized carbons (Fsp3) is 0.500. The number of aromatic nitrogens is 4. The largest absolute Gasteiger partial charge is 0.487 e. The first-order valence-electron chi connectivity index (χ1n) is 13.4. The van der Waals surface area contributed by atoms with E-state index in [-0.39, 0.29) is 17.9 Å². The third kappa shape index (κ3) is 6.12. The Labute approximate surface area is 226 Å². The summed E-state index contributed by atoms with van der Waals surface area (Å²) < 4.78 is 40.6. The maximum absolute atomic E-state index is 14.1. The van der Waals surface area contributed by atoms with Crippen LogP contribution in [0.1, 0.15) is 51.9 Å². The number of carbonyl (C=O) groups is 1. The van der Waals surface area contributed by atoms with Crippen molar-refractivity contribution in [1.29, 1.82) is 0 Å². The summed E-state index contributed by atoms with van der Waals surface area (Å²) >= 11 is 0. The molecule has 39 heavy (non-hydrogen) atoms. The number of halogens is 2. The second-order valence-corrected chi connectivity index (χ2v) is 10.9. The second-order valence-electron chi connectivity index (χ2n) is 10.9. The molecule has 0 bridgehead atoms. The van der Waals surface area contributed by atoms with Gasteiger partial charge in [0.1, 0.15) is 23.2 Å². The molecule has 0 N–H and O–H groups in total. The Bertz CT molecular complexity index is 1350. The van der Waals surface area contributed by atoms with E-state index >= 15 is 0 Å². The Morgan fingerprint density at radius 3 is 2.54 bits per heavy atom. The Hall–Kier alpha value is -3.76. The molecule has 1 saturated heterocycles. The Balaban J connectivity index is 1.37. The smallest absolute Gasteiger partial charge is 0.410 e. The molecule has 0 aliphatic carbocycles. The van der Waals surface area contributed by atoms with Crippen LogP contribution in [-0.4, -0.2) is 62.1 Å². The fourth-order valence-electron chi connectivity index (χ4n) is 4.81. The molecule has 1 aromatic carbocycles. The molecule has 0 atom stereocenters. The lowest BCUT2D eigenvalue weighted by Crippen LogP contribution is -2.41. The lowest BCUT2D eigenvalue weighted by molar-refractivity contribution is 0.0219. The number of hydrogen-bond acceptors (Lipinski definition) is 7. The van der Waals surface area contributed by atoms with Gasteiger partial charge in [0, 0.05) is 63.3 Å². The highest BCUT2D eigenvalue weighted by Crippen LogP contribution is 2.33. The van der Waals surface area contributed by atoms with Crippen molar-refractivity contribution in [3.05, 3.63) is 53.6 Å². The van der Waals surface area contributed by atoms with Gasteiger partial charge in [-0.25, -0.2) is 23.5 Å². The number of piperidine rings is 1. The molecule has 2 aromatic heterocycles. The van der Waals surface area contributed by atoms with E-state index in [4.69, 9.17) is 19.4 Å². The average Bonchev–Trinajstić information content (AvgIpc) is 3.38. The van der Waals surface area contributed by atoms with Crippen LogP contribution >= 0.6 is 0 Å². The first-order chi connectivity index (χ1) is 18.6. The molecule has 9 nitrogen and oxygen atoms in total. The van der Waals surface area contributed by atoms with Crippen LogP contribution in [0.2, 0.25) is 0 Å². The molecular formula is C28H34F2N6O3. The van der Waals surface area contributed by atoms with Crippen LogP contribution in [0, 0.1) is 11.6 Å². The van der Waals surface area contributed by atoms with Gasteiger partial charge in [0.15, 0.2) is 17.4 Å². The van der Waals surface area contributed by atoms with Gasteiger partial charge in [-0.1, -0.05) is 0 Å². The van der Waals surface area contributed by atoms with E-state index in [1.54, 1.807) is 11.1 Å². The Morgan fingerprint density at radius 1 is 1.10 bits per heavy atom. The number of hydrogen-bond donors (Lipinski definition) is 0. The predicted octanol–water partition coefficient (Wildman–Crippen LogP) is 4.98. The SMILES string of the molecule is CCn1cc(-c2nc3c(nc2N2CCC(Oc4ccc(F)cc4F)CC2)CCN(C(=O)OC(C)(C)C)C3)cn1. The maximum atomic E-state index is 14.1. The Morgan fingerprint density at radius 2 is 1.87 bits per heavy atom. The van der Waals surface area contributed by atoms with Crippen molar-refractivity contribution in [2.75, 3.05) is 24.5 Å². The standard InChI is InChI=1S/C28H34F2N6O3/c1-5-36-16-18(15-31-36)25-26(33-22-10-13-35(17-23(22)32-25)27(37)39-28(2,3)4)34-11-8-20(9-12-34)38-24-7-6-19(29)14-21(24)30/h6-7,14-16,20H,5,8-13,17H2,1-4H3. The molecule has 3 aromatic rings. The van der Waals surface area contributed by atoms with Crippen molar-refractivity contribution in [3.8, 4) is 17.0 Å². The van der Waals surface area contributed by atoms with Crippen molar-refractivity contribution in [2.45, 2.75) is 71.8 Å². The third-order valence-corrected chi connectivity index (χ3v) is 6.80. The summed E-state index contributed by atoms with van der Waals surface area (Å²) in [5, 5.41) is 4.43. The first-order valence-corrected chi connectivity index (χ1v) is 13.4. The van der Waals surface area contributed by atoms with Crippen molar-refractivity contribution in [3.63, 3.8) is 0 Å². The van der Waals surface area contributed by atoms with Crippen molar-refractivity contribution in [1.82, 2.24) is 24.6 Å². The zero-order valence-corrected chi connectivity index (χ0v) is 22.8. The quantitative estimate of drug-likeness (QED) is 0.451. The lowest BCUT2D eigenvalue weighted by atomic mass is 10.1. The van der Waals surface area contributed by atoms with Crippen molar-refractivity contribution < 1.29 is 23.0 Å². The number of carbonyl (C=O) groups excluding carboxylic acids is 1. The fourth-order valence-corrected chi connectivity index (χ4v) is 4.81. The molecule has 0 unspecified atom stereocenters. The van der Waals surface area contributed by atoms with Gasteiger partial charge in [-0.3, -0.25) is 4.68 Å². The number of anilines is 1. The molecular weight excluding hydrogens is 506 g/mol. The van der Waals surface area contributed by atoms with E-state index in [2.05, 4.69) is 10.00 Å². The molecule has 1 fully saturated rings. The number of aryl methyl sites for hydroxylation is 1. The minimum atomic E-state index is -0.700. The number of amides is 1. The number of nitrogens with zero attached hydrogens (tertiary/aromatic N) is 6. The highest BCUT2D eigenvalue weighted by Gasteiger charge is 2.31. The van der Waals surface area contributed by atoms with Gasteiger partial charge in [-0.2, -0.15) is 5.10 Å². The van der Waals surface area contributed by atoms with Gasteiger partial charge in [0.25, 0.3) is 0 Å². The van der Waals surface area contributed by atoms with E-state index in [1.807, 2.05) is 38.6 Å². The number of rotatable bonds is 5. The topological polar surface area (TPSA) is 85.6 Å². The van der Waals surface area contributed by atoms with E-state index in [1.165, 1.54) is 12.1 Å². The average molecular weight is 541 g/mol. The van der Waals surface area contributed by atoms with E-state index < -0.39 is 17.2 Å². The first kappa shape index (κ1) is 26.8. The molecule has 208 valence electrons. The van der Waals surface area contributed by atoms with Gasteiger partial charge in [0.2, 0.25) is 0 Å². The number of ether oxygens (including phenoxy) is 2. The summed E-state index contributed by atoms with van der Waals surface area (Å²) in [6.45, 7) is 10.4. The molecule has 2 aliphatic rings. The summed E-state index contributed by atoms with van der Waals surface area (Å²) in [6.07, 6.45) is 5.05. The molecule has 0 spiro atoms. The molecule has 5 rings (SSSR count). The minimum absolute atomic E-state index is 0.0608. The predicted molar refractivity (Wildman–Crippen MR) is 141 cm³/mol. The summed E-state index contributed by atoms with van der Waals surface area (Å²) in [7, 11) is 0. The van der Waals surface area contributed by atoms with Crippen LogP contribution in [0.5, 0.6) is 5.75 Å². The van der Waals surface area contributed by atoms with Crippen molar-refractivity contribution >= 4 is 11.9 Å². The summed E-state index contributed by atoms with van der Waals surface area (Å²) in [5.41, 5.74) is 2.60. The molecule has 0 radical (unpaired) electrons. The van der Waals surface area contributed by atoms with Crippen LogP contribution in [0.4, 0.5) is 19.4 Å². The van der Waals surface area contributed by atoms with Gasteiger partial charge >= 0.3 is 6.09 Å². The van der Waals surface area contributed by atoms with Gasteiger partial charge in [0.05, 0.1) is 24.1 Å². The van der Waals surface area contributed by atoms with Crippen LogP contribution in [0.15, 0.2) is 30.6 Å². The van der Waals surface area contributed by atoms with Crippen LogP contribution < -0.4 is 9.64 Å². The van der Waals surface area contributed by atoms with Gasteiger partial charge in [-0.15, -0.1) is 0 Å². The molecule has 0 saturated carbocycles. The molecule has 4 heterocycles. The van der Waals surface area contributed by atoms with Crippen molar-refractivity contribution in [2.24, 2.45) is 0 Å². The summed E-state index contributed by atoms with van der Waals surface area (Å²) in [5.74, 6) is -0.505. The molecule has 1 amide bonds. The lowest BCUT2D eigenvalue weighted by Gasteiger charge is -2.35. The zero-order chi connectivity index (χ0) is 27.7. The summed E-state index contributed by atoms with van der Waals surface area (Å²) in [6, 6.07) is 3.36. The molecule has 2 aliphatic heterocycles. The highest BCUT2D eigenvalue weighted by molar-refractivity contribution is 5.73. The van der Waals surface area contributed by atoms with Gasteiger partial charge in [-0.05, 0) is 39.8 Å². The van der Waals surface area contributed by atoms with Crippen LogP contribution in [0.3, 0.4) is 0 Å². The maximum Gasteiger partial charge on any atom is 0.410 e. The molecule has 11 heteroatoms. The van der Waals surface area contributed by atoms with E-state index in [0.717, 1.165) is 35.4 Å². The van der Waals surface area contributed by atoms with E-state index in [0.29, 0.717) is 51.1 Å². The number of benzene rings is 1. The summed E-state index contributed by atoms with van der Waals surface area (Å²) in [4.78, 5) is 26.6. The van der Waals surface area contributed by atoms with Crippen LogP contribution in [-0.2, 0) is 24.2 Å². The number of fused-ring (bicyclic) bond motifs is 1. The van der Waals surface area contributed by atoms with E-state index in [9.17, 15) is 13.6 Å². The highest BCUT2D eigenvalue weighted by atomic mass is 19.1. The second kappa shape index (κ2) is 10.8.